The van der Waals surface area contributed by atoms with Crippen LogP contribution in [0.3, 0.4) is 0 Å². The third kappa shape index (κ3) is 1.89. The van der Waals surface area contributed by atoms with Crippen LogP contribution in [-0.2, 0) is 4.74 Å². The molecule has 2 aliphatic heterocycles. The summed E-state index contributed by atoms with van der Waals surface area (Å²) in [5, 5.41) is 31.9. The van der Waals surface area contributed by atoms with Crippen molar-refractivity contribution in [1.82, 2.24) is 5.32 Å². The van der Waals surface area contributed by atoms with Crippen LogP contribution >= 0.6 is 11.8 Å². The number of nitrogens with zero attached hydrogens (tertiary/aromatic N) is 2. The molecule has 2 fully saturated rings. The highest BCUT2D eigenvalue weighted by atomic mass is 32.2. The topological polar surface area (TPSA) is 97.9 Å². The van der Waals surface area contributed by atoms with Gasteiger partial charge in [-0.05, 0) is 6.92 Å². The first-order chi connectivity index (χ1) is 7.67. The van der Waals surface area contributed by atoms with Crippen molar-refractivity contribution in [3.63, 3.8) is 0 Å². The first-order valence-corrected chi connectivity index (χ1v) is 5.94. The number of aliphatic imine (C=N–C) groups is 1. The monoisotopic (exact) mass is 243 g/mol. The van der Waals surface area contributed by atoms with Crippen molar-refractivity contribution < 1.29 is 14.9 Å². The summed E-state index contributed by atoms with van der Waals surface area (Å²) in [6.45, 7) is 2.54. The van der Waals surface area contributed by atoms with Crippen molar-refractivity contribution in [1.29, 1.82) is 5.26 Å². The molecule has 0 bridgehead atoms. The predicted octanol–water partition coefficient (Wildman–Crippen LogP) is -0.962. The van der Waals surface area contributed by atoms with Crippen molar-refractivity contribution in [3.8, 4) is 6.07 Å². The van der Waals surface area contributed by atoms with E-state index in [1.54, 1.807) is 0 Å². The van der Waals surface area contributed by atoms with Gasteiger partial charge >= 0.3 is 0 Å². The van der Waals surface area contributed by atoms with Crippen molar-refractivity contribution in [2.24, 2.45) is 4.99 Å². The first kappa shape index (κ1) is 11.7. The average Bonchev–Trinajstić information content (AvgIpc) is 2.67. The lowest BCUT2D eigenvalue weighted by Crippen LogP contribution is -2.58. The molecule has 0 amide bonds. The quantitative estimate of drug-likeness (QED) is 0.548. The van der Waals surface area contributed by atoms with Gasteiger partial charge in [-0.25, -0.2) is 0 Å². The fraction of sp³-hybridized carbons (Fsp3) is 0.778. The van der Waals surface area contributed by atoms with Gasteiger partial charge in [0.15, 0.2) is 11.3 Å². The predicted molar refractivity (Wildman–Crippen MR) is 58.8 cm³/mol. The Kier molecular flexibility index (Phi) is 3.35. The Labute approximate surface area is 97.3 Å². The van der Waals surface area contributed by atoms with Crippen molar-refractivity contribution >= 4 is 16.9 Å². The maximum atomic E-state index is 9.82. The van der Waals surface area contributed by atoms with E-state index in [1.165, 1.54) is 11.8 Å². The summed E-state index contributed by atoms with van der Waals surface area (Å²) in [6, 6.07) is 1.42. The van der Waals surface area contributed by atoms with E-state index in [9.17, 15) is 10.2 Å². The third-order valence-corrected chi connectivity index (χ3v) is 3.66. The molecule has 0 aromatic heterocycles. The summed E-state index contributed by atoms with van der Waals surface area (Å²) >= 11 is 1.34. The van der Waals surface area contributed by atoms with Crippen LogP contribution in [0.1, 0.15) is 6.92 Å². The molecule has 2 saturated heterocycles. The number of hydrogen-bond donors (Lipinski definition) is 3. The van der Waals surface area contributed by atoms with Crippen molar-refractivity contribution in [3.05, 3.63) is 0 Å². The zero-order valence-electron chi connectivity index (χ0n) is 8.70. The second kappa shape index (κ2) is 4.59. The van der Waals surface area contributed by atoms with Gasteiger partial charge in [0, 0.05) is 6.54 Å². The highest BCUT2D eigenvalue weighted by Crippen LogP contribution is 2.33. The summed E-state index contributed by atoms with van der Waals surface area (Å²) in [4.78, 5) is 4.17. The van der Waals surface area contributed by atoms with E-state index in [2.05, 4.69) is 10.3 Å². The number of hydrogen-bond acceptors (Lipinski definition) is 6. The van der Waals surface area contributed by atoms with Crippen LogP contribution in [0.4, 0.5) is 0 Å². The van der Waals surface area contributed by atoms with Crippen LogP contribution in [0.2, 0.25) is 0 Å². The third-order valence-electron chi connectivity index (χ3n) is 2.55. The van der Waals surface area contributed by atoms with Gasteiger partial charge in [-0.1, -0.05) is 11.8 Å². The van der Waals surface area contributed by atoms with Crippen molar-refractivity contribution in [2.75, 3.05) is 6.54 Å². The van der Waals surface area contributed by atoms with Gasteiger partial charge in [-0.3, -0.25) is 4.99 Å². The Hall–Kier alpha value is -0.810. The van der Waals surface area contributed by atoms with Gasteiger partial charge < -0.3 is 20.3 Å². The molecule has 0 aromatic rings. The van der Waals surface area contributed by atoms with E-state index >= 15 is 0 Å². The Morgan fingerprint density at radius 2 is 2.31 bits per heavy atom. The number of nitriles is 1. The summed E-state index contributed by atoms with van der Waals surface area (Å²) in [7, 11) is 0. The largest absolute Gasteiger partial charge is 0.388 e. The fourth-order valence-corrected chi connectivity index (χ4v) is 2.92. The number of rotatable bonds is 1. The molecular formula is C9H13N3O3S. The molecular weight excluding hydrogens is 230 g/mol. The molecule has 2 rings (SSSR count). The van der Waals surface area contributed by atoms with Gasteiger partial charge in [0.25, 0.3) is 0 Å². The molecule has 0 aliphatic carbocycles. The van der Waals surface area contributed by atoms with Crippen molar-refractivity contribution in [2.45, 2.75) is 36.7 Å². The zero-order valence-corrected chi connectivity index (χ0v) is 9.52. The SMILES string of the molecule is CCN=C1NC2C(OC(C#N)C(O)C2O)S1. The standard InChI is InChI=1S/C9H13N3O3S/c1-2-11-9-12-5-7(14)6(13)4(3-10)15-8(5)16-9/h4-8,13-14H,2H2,1H3,(H,11,12). The summed E-state index contributed by atoms with van der Waals surface area (Å²) in [5.41, 5.74) is -0.367. The minimum Gasteiger partial charge on any atom is -0.388 e. The lowest BCUT2D eigenvalue weighted by molar-refractivity contribution is -0.135. The number of nitrogens with one attached hydrogen (secondary N) is 1. The highest BCUT2D eigenvalue weighted by Gasteiger charge is 2.49. The highest BCUT2D eigenvalue weighted by molar-refractivity contribution is 8.14. The minimum absolute atomic E-state index is 0.367. The Balaban J connectivity index is 2.14. The average molecular weight is 243 g/mol. The fourth-order valence-electron chi connectivity index (χ4n) is 1.74. The number of fused-ring (bicyclic) bond motifs is 1. The summed E-state index contributed by atoms with van der Waals surface area (Å²) < 4.78 is 5.37. The molecule has 0 radical (unpaired) electrons. The lowest BCUT2D eigenvalue weighted by atomic mass is 9.99. The van der Waals surface area contributed by atoms with Gasteiger partial charge in [-0.2, -0.15) is 5.26 Å². The molecule has 7 heteroatoms. The number of aliphatic hydroxyl groups excluding tert-OH is 2. The van der Waals surface area contributed by atoms with Crippen LogP contribution in [0, 0.1) is 11.3 Å². The molecule has 0 aromatic carbocycles. The molecule has 2 heterocycles. The molecule has 5 unspecified atom stereocenters. The number of thioether (sulfide) groups is 1. The van der Waals surface area contributed by atoms with Crippen LogP contribution < -0.4 is 5.32 Å². The normalized spacial score (nSPS) is 44.9. The molecule has 2 aliphatic rings. The molecule has 3 N–H and O–H groups in total. The summed E-state index contributed by atoms with van der Waals surface area (Å²) in [6.07, 6.45) is -3.17. The van der Waals surface area contributed by atoms with Crippen LogP contribution in [-0.4, -0.2) is 51.7 Å². The van der Waals surface area contributed by atoms with Crippen LogP contribution in [0.5, 0.6) is 0 Å². The van der Waals surface area contributed by atoms with E-state index in [4.69, 9.17) is 10.00 Å². The van der Waals surface area contributed by atoms with Gasteiger partial charge in [0.2, 0.25) is 0 Å². The second-order valence-corrected chi connectivity index (χ2v) is 4.69. The van der Waals surface area contributed by atoms with E-state index in [0.29, 0.717) is 11.7 Å². The lowest BCUT2D eigenvalue weighted by Gasteiger charge is -2.35. The molecule has 6 nitrogen and oxygen atoms in total. The van der Waals surface area contributed by atoms with Gasteiger partial charge in [0.1, 0.15) is 17.6 Å². The molecule has 88 valence electrons. The number of ether oxygens (including phenoxy) is 1. The van der Waals surface area contributed by atoms with Crippen LogP contribution in [0.15, 0.2) is 4.99 Å². The van der Waals surface area contributed by atoms with E-state index < -0.39 is 24.4 Å². The number of amidine groups is 1. The zero-order chi connectivity index (χ0) is 11.7. The molecule has 5 atom stereocenters. The Morgan fingerprint density at radius 3 is 2.94 bits per heavy atom. The van der Waals surface area contributed by atoms with E-state index in [1.807, 2.05) is 13.0 Å². The number of aliphatic hydroxyl groups is 2. The summed E-state index contributed by atoms with van der Waals surface area (Å²) in [5.74, 6) is 0. The van der Waals surface area contributed by atoms with E-state index in [-0.39, 0.29) is 5.44 Å². The molecule has 0 spiro atoms. The Bertz CT molecular complexity index is 343. The minimum atomic E-state index is -1.18. The van der Waals surface area contributed by atoms with Gasteiger partial charge in [-0.15, -0.1) is 0 Å². The van der Waals surface area contributed by atoms with E-state index in [0.717, 1.165) is 0 Å². The Morgan fingerprint density at radius 1 is 1.56 bits per heavy atom. The first-order valence-electron chi connectivity index (χ1n) is 5.06. The van der Waals surface area contributed by atoms with Crippen LogP contribution in [0.25, 0.3) is 0 Å². The maximum Gasteiger partial charge on any atom is 0.173 e. The molecule has 0 saturated carbocycles. The van der Waals surface area contributed by atoms with Gasteiger partial charge in [0.05, 0.1) is 12.1 Å². The smallest absolute Gasteiger partial charge is 0.173 e. The second-order valence-electron chi connectivity index (χ2n) is 3.60. The molecule has 16 heavy (non-hydrogen) atoms. The maximum absolute atomic E-state index is 9.82.